The number of ether oxygens (including phenoxy) is 3. The normalized spacial score (nSPS) is 10.2. The van der Waals surface area contributed by atoms with Gasteiger partial charge in [-0.15, -0.1) is 11.6 Å². The van der Waals surface area contributed by atoms with Crippen molar-refractivity contribution >= 4 is 11.6 Å². The molecule has 0 aromatic heterocycles. The van der Waals surface area contributed by atoms with Gasteiger partial charge in [0.05, 0.1) is 14.2 Å². The maximum absolute atomic E-state index is 5.80. The van der Waals surface area contributed by atoms with Crippen molar-refractivity contribution in [1.29, 1.82) is 0 Å². The number of hydrogen-bond acceptors (Lipinski definition) is 3. The van der Waals surface area contributed by atoms with Gasteiger partial charge < -0.3 is 14.2 Å². The van der Waals surface area contributed by atoms with Crippen LogP contribution < -0.4 is 14.2 Å². The SMILES string of the molecule is COc1ccc(COc2cccc(CCl)c2)cc1OC. The van der Waals surface area contributed by atoms with Gasteiger partial charge in [-0.2, -0.15) is 0 Å². The number of hydrogen-bond donors (Lipinski definition) is 0. The number of halogens is 1. The lowest BCUT2D eigenvalue weighted by Crippen LogP contribution is -1.98. The van der Waals surface area contributed by atoms with Crippen LogP contribution in [0.25, 0.3) is 0 Å². The van der Waals surface area contributed by atoms with Gasteiger partial charge in [-0.3, -0.25) is 0 Å². The van der Waals surface area contributed by atoms with Crippen LogP contribution in [0.15, 0.2) is 42.5 Å². The Hall–Kier alpha value is -1.87. The Labute approximate surface area is 124 Å². The Morgan fingerprint density at radius 3 is 2.40 bits per heavy atom. The van der Waals surface area contributed by atoms with Crippen LogP contribution in [0.4, 0.5) is 0 Å². The van der Waals surface area contributed by atoms with Crippen molar-refractivity contribution in [2.45, 2.75) is 12.5 Å². The fourth-order valence-electron chi connectivity index (χ4n) is 1.86. The van der Waals surface area contributed by atoms with Gasteiger partial charge in [0.1, 0.15) is 12.4 Å². The summed E-state index contributed by atoms with van der Waals surface area (Å²) >= 11 is 5.80. The van der Waals surface area contributed by atoms with Crippen molar-refractivity contribution in [3.8, 4) is 17.2 Å². The smallest absolute Gasteiger partial charge is 0.161 e. The fraction of sp³-hybridized carbons (Fsp3) is 0.250. The van der Waals surface area contributed by atoms with E-state index >= 15 is 0 Å². The molecule has 2 rings (SSSR count). The molecule has 3 nitrogen and oxygen atoms in total. The highest BCUT2D eigenvalue weighted by Crippen LogP contribution is 2.28. The van der Waals surface area contributed by atoms with Gasteiger partial charge in [-0.05, 0) is 35.4 Å². The van der Waals surface area contributed by atoms with E-state index in [0.717, 1.165) is 16.9 Å². The lowest BCUT2D eigenvalue weighted by atomic mass is 10.2. The van der Waals surface area contributed by atoms with Crippen LogP contribution in [0, 0.1) is 0 Å². The molecule has 0 saturated heterocycles. The first-order valence-electron chi connectivity index (χ1n) is 6.25. The van der Waals surface area contributed by atoms with Crippen molar-refractivity contribution in [3.63, 3.8) is 0 Å². The molecule has 0 N–H and O–H groups in total. The average Bonchev–Trinajstić information content (AvgIpc) is 2.52. The lowest BCUT2D eigenvalue weighted by molar-refractivity contribution is 0.303. The van der Waals surface area contributed by atoms with Crippen LogP contribution in [0.2, 0.25) is 0 Å². The minimum absolute atomic E-state index is 0.464. The molecule has 0 radical (unpaired) electrons. The van der Waals surface area contributed by atoms with E-state index in [1.807, 2.05) is 42.5 Å². The van der Waals surface area contributed by atoms with E-state index in [-0.39, 0.29) is 0 Å². The second-order valence-corrected chi connectivity index (χ2v) is 4.53. The summed E-state index contributed by atoms with van der Waals surface area (Å²) in [5, 5.41) is 0. The first-order chi connectivity index (χ1) is 9.76. The summed E-state index contributed by atoms with van der Waals surface area (Å²) in [6, 6.07) is 13.5. The predicted octanol–water partition coefficient (Wildman–Crippen LogP) is 4.02. The summed E-state index contributed by atoms with van der Waals surface area (Å²) in [6.45, 7) is 0.464. The molecule has 0 saturated carbocycles. The topological polar surface area (TPSA) is 27.7 Å². The summed E-state index contributed by atoms with van der Waals surface area (Å²) in [7, 11) is 3.23. The number of methoxy groups -OCH3 is 2. The van der Waals surface area contributed by atoms with E-state index in [4.69, 9.17) is 25.8 Å². The molecule has 0 aliphatic carbocycles. The molecular weight excluding hydrogens is 276 g/mol. The van der Waals surface area contributed by atoms with Gasteiger partial charge >= 0.3 is 0 Å². The maximum Gasteiger partial charge on any atom is 0.161 e. The third kappa shape index (κ3) is 3.58. The van der Waals surface area contributed by atoms with Crippen LogP contribution in [-0.2, 0) is 12.5 Å². The molecule has 0 amide bonds. The summed E-state index contributed by atoms with van der Waals surface area (Å²) in [6.07, 6.45) is 0. The molecule has 0 heterocycles. The van der Waals surface area contributed by atoms with E-state index in [1.165, 1.54) is 0 Å². The minimum Gasteiger partial charge on any atom is -0.493 e. The van der Waals surface area contributed by atoms with Gasteiger partial charge in [-0.25, -0.2) is 0 Å². The Bertz CT molecular complexity index is 569. The average molecular weight is 293 g/mol. The van der Waals surface area contributed by atoms with Crippen molar-refractivity contribution in [1.82, 2.24) is 0 Å². The molecule has 0 aliphatic rings. The van der Waals surface area contributed by atoms with E-state index in [2.05, 4.69) is 0 Å². The van der Waals surface area contributed by atoms with E-state index < -0.39 is 0 Å². The molecule has 106 valence electrons. The monoisotopic (exact) mass is 292 g/mol. The summed E-state index contributed by atoms with van der Waals surface area (Å²) in [5.41, 5.74) is 2.05. The number of alkyl halides is 1. The Kier molecular flexibility index (Phi) is 5.13. The van der Waals surface area contributed by atoms with Crippen molar-refractivity contribution in [3.05, 3.63) is 53.6 Å². The van der Waals surface area contributed by atoms with Crippen LogP contribution >= 0.6 is 11.6 Å². The molecule has 0 spiro atoms. The summed E-state index contributed by atoms with van der Waals surface area (Å²) < 4.78 is 16.2. The van der Waals surface area contributed by atoms with Gasteiger partial charge in [0.25, 0.3) is 0 Å². The Morgan fingerprint density at radius 1 is 0.900 bits per heavy atom. The van der Waals surface area contributed by atoms with Crippen LogP contribution in [0.1, 0.15) is 11.1 Å². The molecule has 2 aromatic rings. The number of benzene rings is 2. The standard InChI is InChI=1S/C16H17ClO3/c1-18-15-7-6-13(9-16(15)19-2)11-20-14-5-3-4-12(8-14)10-17/h3-9H,10-11H2,1-2H3. The van der Waals surface area contributed by atoms with Crippen LogP contribution in [-0.4, -0.2) is 14.2 Å². The molecule has 4 heteroatoms. The third-order valence-corrected chi connectivity index (χ3v) is 3.21. The van der Waals surface area contributed by atoms with E-state index in [9.17, 15) is 0 Å². The Balaban J connectivity index is 2.06. The highest BCUT2D eigenvalue weighted by molar-refractivity contribution is 6.17. The molecule has 0 fully saturated rings. The zero-order chi connectivity index (χ0) is 14.4. The van der Waals surface area contributed by atoms with Gasteiger partial charge in [0, 0.05) is 5.88 Å². The van der Waals surface area contributed by atoms with Crippen molar-refractivity contribution < 1.29 is 14.2 Å². The quantitative estimate of drug-likeness (QED) is 0.753. The Morgan fingerprint density at radius 2 is 1.70 bits per heavy atom. The first-order valence-corrected chi connectivity index (χ1v) is 6.79. The largest absolute Gasteiger partial charge is 0.493 e. The second-order valence-electron chi connectivity index (χ2n) is 4.26. The van der Waals surface area contributed by atoms with Gasteiger partial charge in [-0.1, -0.05) is 18.2 Å². The lowest BCUT2D eigenvalue weighted by Gasteiger charge is -2.11. The summed E-state index contributed by atoms with van der Waals surface area (Å²) in [5.74, 6) is 2.69. The predicted molar refractivity (Wildman–Crippen MR) is 79.9 cm³/mol. The fourth-order valence-corrected chi connectivity index (χ4v) is 2.02. The first kappa shape index (κ1) is 14.5. The van der Waals surface area contributed by atoms with Crippen molar-refractivity contribution in [2.75, 3.05) is 14.2 Å². The summed E-state index contributed by atoms with van der Waals surface area (Å²) in [4.78, 5) is 0. The number of rotatable bonds is 6. The van der Waals surface area contributed by atoms with Gasteiger partial charge in [0.2, 0.25) is 0 Å². The van der Waals surface area contributed by atoms with Crippen LogP contribution in [0.3, 0.4) is 0 Å². The second kappa shape index (κ2) is 7.06. The zero-order valence-corrected chi connectivity index (χ0v) is 12.3. The maximum atomic E-state index is 5.80. The third-order valence-electron chi connectivity index (χ3n) is 2.91. The van der Waals surface area contributed by atoms with Crippen molar-refractivity contribution in [2.24, 2.45) is 0 Å². The molecule has 0 atom stereocenters. The highest BCUT2D eigenvalue weighted by atomic mass is 35.5. The molecule has 2 aromatic carbocycles. The zero-order valence-electron chi connectivity index (χ0n) is 11.6. The molecule has 0 bridgehead atoms. The highest BCUT2D eigenvalue weighted by Gasteiger charge is 2.05. The molecule has 0 aliphatic heterocycles. The molecular formula is C16H17ClO3. The van der Waals surface area contributed by atoms with E-state index in [1.54, 1.807) is 14.2 Å². The minimum atomic E-state index is 0.464. The molecule has 20 heavy (non-hydrogen) atoms. The van der Waals surface area contributed by atoms with E-state index in [0.29, 0.717) is 24.0 Å². The van der Waals surface area contributed by atoms with Crippen LogP contribution in [0.5, 0.6) is 17.2 Å². The van der Waals surface area contributed by atoms with Gasteiger partial charge in [0.15, 0.2) is 11.5 Å². The molecule has 0 unspecified atom stereocenters.